The molecule has 0 N–H and O–H groups in total. The van der Waals surface area contributed by atoms with Gasteiger partial charge in [0.15, 0.2) is 11.6 Å². The van der Waals surface area contributed by atoms with Crippen LogP contribution in [0.3, 0.4) is 0 Å². The molecule has 3 heterocycles. The van der Waals surface area contributed by atoms with Crippen LogP contribution in [-0.2, 0) is 0 Å². The van der Waals surface area contributed by atoms with Crippen molar-refractivity contribution in [3.63, 3.8) is 0 Å². The number of nitrogens with zero attached hydrogens (tertiary/aromatic N) is 5. The number of hydrogen-bond donors (Lipinski definition) is 0. The summed E-state index contributed by atoms with van der Waals surface area (Å²) in [6, 6.07) is 46.4. The summed E-state index contributed by atoms with van der Waals surface area (Å²) in [4.78, 5) is 15.4. The predicted octanol–water partition coefficient (Wildman–Crippen LogP) is 11.1. The second kappa shape index (κ2) is 11.4. The van der Waals surface area contributed by atoms with E-state index in [9.17, 15) is 0 Å². The van der Waals surface area contributed by atoms with Crippen molar-refractivity contribution in [2.24, 2.45) is 0 Å². The Hall–Kier alpha value is -6.85. The Balaban J connectivity index is 1.32. The zero-order valence-electron chi connectivity index (χ0n) is 31.6. The number of rotatable bonds is 5. The molecule has 10 rings (SSSR count). The van der Waals surface area contributed by atoms with Gasteiger partial charge in [-0.15, -0.1) is 0 Å². The van der Waals surface area contributed by atoms with E-state index in [-0.39, 0.29) is 29.9 Å². The molecule has 5 nitrogen and oxygen atoms in total. The van der Waals surface area contributed by atoms with Gasteiger partial charge >= 0.3 is 0 Å². The van der Waals surface area contributed by atoms with Gasteiger partial charge < -0.3 is 4.57 Å². The average molecular weight is 645 g/mol. The zero-order valence-corrected chi connectivity index (χ0v) is 26.6. The highest BCUT2D eigenvalue weighted by Crippen LogP contribution is 2.40. The Bertz CT molecular complexity index is 3130. The van der Waals surface area contributed by atoms with Gasteiger partial charge in [0, 0.05) is 38.4 Å². The number of benzene rings is 7. The molecule has 3 aromatic heterocycles. The Morgan fingerprint density at radius 2 is 0.940 bits per heavy atom. The summed E-state index contributed by atoms with van der Waals surface area (Å²) in [7, 11) is 0. The monoisotopic (exact) mass is 644 g/mol. The highest BCUT2D eigenvalue weighted by Gasteiger charge is 2.21. The summed E-state index contributed by atoms with van der Waals surface area (Å²) in [6.07, 6.45) is 0. The van der Waals surface area contributed by atoms with E-state index in [2.05, 4.69) is 30.3 Å². The van der Waals surface area contributed by atoms with Gasteiger partial charge in [0.1, 0.15) is 0 Å². The van der Waals surface area contributed by atoms with Crippen LogP contribution in [0.2, 0.25) is 0 Å². The third-order valence-corrected chi connectivity index (χ3v) is 9.28. The first-order valence-electron chi connectivity index (χ1n) is 18.9. The highest BCUT2D eigenvalue weighted by atomic mass is 15.2. The molecule has 234 valence electrons. The maximum atomic E-state index is 8.95. The van der Waals surface area contributed by atoms with Crippen molar-refractivity contribution in [2.45, 2.75) is 0 Å². The van der Waals surface area contributed by atoms with Crippen LogP contribution in [0.1, 0.15) is 6.85 Å². The van der Waals surface area contributed by atoms with E-state index in [0.29, 0.717) is 23.1 Å². The molecular formula is C45H29N5. The molecule has 10 aromatic rings. The van der Waals surface area contributed by atoms with Gasteiger partial charge in [0.2, 0.25) is 5.95 Å². The molecule has 0 amide bonds. The molecular weight excluding hydrogens is 611 g/mol. The molecule has 0 aliphatic heterocycles. The fraction of sp³-hybridized carbons (Fsp3) is 0. The molecule has 0 unspecified atom stereocenters. The number of fused-ring (bicyclic) bond motifs is 6. The van der Waals surface area contributed by atoms with Crippen LogP contribution in [0, 0.1) is 0 Å². The fourth-order valence-corrected chi connectivity index (χ4v) is 7.09. The third-order valence-electron chi connectivity index (χ3n) is 9.28. The average Bonchev–Trinajstić information content (AvgIpc) is 3.74. The smallest absolute Gasteiger partial charge is 0.238 e. The van der Waals surface area contributed by atoms with Crippen molar-refractivity contribution in [1.29, 1.82) is 0 Å². The molecule has 50 heavy (non-hydrogen) atoms. The van der Waals surface area contributed by atoms with E-state index in [1.165, 1.54) is 0 Å². The van der Waals surface area contributed by atoms with Gasteiger partial charge in [-0.2, -0.15) is 9.97 Å². The standard InChI is InChI=1S/C45H29N5/c1-4-16-30(17-5-1)33-22-10-11-25-36(33)44-46-43(31-18-6-2-7-19-31)47-45(48-44)50-40-27-15-13-24-35(40)38-28-37-34-23-12-14-26-39(34)49(41(37)29-42(38)50)32-20-8-3-9-21-32/h1-29H/i3D,8D,9D,20D,21D. The van der Waals surface area contributed by atoms with Crippen LogP contribution in [0.5, 0.6) is 0 Å². The lowest BCUT2D eigenvalue weighted by Crippen LogP contribution is -2.07. The molecule has 0 saturated carbocycles. The highest BCUT2D eigenvalue weighted by molar-refractivity contribution is 6.19. The number of hydrogen-bond acceptors (Lipinski definition) is 3. The molecule has 0 fully saturated rings. The fourth-order valence-electron chi connectivity index (χ4n) is 7.09. The maximum Gasteiger partial charge on any atom is 0.238 e. The first-order chi connectivity index (χ1) is 26.9. The summed E-state index contributed by atoms with van der Waals surface area (Å²) in [5.74, 6) is 1.45. The van der Waals surface area contributed by atoms with E-state index in [1.807, 2.05) is 120 Å². The Labute approximate surface area is 295 Å². The second-order valence-electron chi connectivity index (χ2n) is 12.1. The van der Waals surface area contributed by atoms with Crippen molar-refractivity contribution < 1.29 is 6.85 Å². The lowest BCUT2D eigenvalue weighted by atomic mass is 9.99. The van der Waals surface area contributed by atoms with Crippen LogP contribution in [0.4, 0.5) is 0 Å². The van der Waals surface area contributed by atoms with Crippen molar-refractivity contribution >= 4 is 43.6 Å². The predicted molar refractivity (Wildman–Crippen MR) is 205 cm³/mol. The Morgan fingerprint density at radius 3 is 1.64 bits per heavy atom. The molecule has 0 bridgehead atoms. The Morgan fingerprint density at radius 1 is 0.400 bits per heavy atom. The van der Waals surface area contributed by atoms with E-state index >= 15 is 0 Å². The lowest BCUT2D eigenvalue weighted by Gasteiger charge is -2.13. The second-order valence-corrected chi connectivity index (χ2v) is 12.1. The molecule has 0 radical (unpaired) electrons. The molecule has 0 saturated heterocycles. The van der Waals surface area contributed by atoms with Gasteiger partial charge in [0.25, 0.3) is 0 Å². The van der Waals surface area contributed by atoms with E-state index in [0.717, 1.165) is 60.3 Å². The molecule has 0 aliphatic carbocycles. The third kappa shape index (κ3) is 4.45. The molecule has 0 spiro atoms. The molecule has 7 aromatic carbocycles. The van der Waals surface area contributed by atoms with Crippen molar-refractivity contribution in [1.82, 2.24) is 24.1 Å². The first-order valence-corrected chi connectivity index (χ1v) is 16.4. The summed E-state index contributed by atoms with van der Waals surface area (Å²) < 4.78 is 47.0. The Kier molecular flexibility index (Phi) is 5.35. The quantitative estimate of drug-likeness (QED) is 0.187. The zero-order chi connectivity index (χ0) is 37.4. The van der Waals surface area contributed by atoms with Gasteiger partial charge in [-0.3, -0.25) is 4.57 Å². The summed E-state index contributed by atoms with van der Waals surface area (Å²) in [6.45, 7) is 0. The van der Waals surface area contributed by atoms with E-state index in [4.69, 9.17) is 21.8 Å². The van der Waals surface area contributed by atoms with Crippen LogP contribution in [-0.4, -0.2) is 24.1 Å². The summed E-state index contributed by atoms with van der Waals surface area (Å²) in [5.41, 5.74) is 6.91. The SMILES string of the molecule is [2H]c1c([2H])c([2H])c(-n2c3ccccc3c3cc4c5ccccc5n(-c5nc(-c6ccccc6)nc(-c6ccccc6-c6ccccc6)n5)c4cc32)c([2H])c1[2H]. The van der Waals surface area contributed by atoms with Crippen LogP contribution in [0.15, 0.2) is 176 Å². The van der Waals surface area contributed by atoms with Crippen LogP contribution >= 0.6 is 0 Å². The van der Waals surface area contributed by atoms with Crippen LogP contribution < -0.4 is 0 Å². The largest absolute Gasteiger partial charge is 0.309 e. The van der Waals surface area contributed by atoms with Crippen molar-refractivity contribution in [2.75, 3.05) is 0 Å². The topological polar surface area (TPSA) is 48.5 Å². The normalized spacial score (nSPS) is 13.0. The minimum absolute atomic E-state index is 0.0885. The summed E-state index contributed by atoms with van der Waals surface area (Å²) in [5, 5.41) is 3.73. The van der Waals surface area contributed by atoms with E-state index in [1.54, 1.807) is 4.57 Å². The molecule has 0 aliphatic rings. The lowest BCUT2D eigenvalue weighted by molar-refractivity contribution is 0.954. The minimum Gasteiger partial charge on any atom is -0.309 e. The van der Waals surface area contributed by atoms with E-state index < -0.39 is 6.04 Å². The number of para-hydroxylation sites is 3. The van der Waals surface area contributed by atoms with Crippen molar-refractivity contribution in [3.8, 4) is 45.5 Å². The van der Waals surface area contributed by atoms with Crippen LogP contribution in [0.25, 0.3) is 89.2 Å². The maximum absolute atomic E-state index is 8.95. The van der Waals surface area contributed by atoms with Gasteiger partial charge in [-0.1, -0.05) is 139 Å². The molecule has 0 atom stereocenters. The summed E-state index contributed by atoms with van der Waals surface area (Å²) >= 11 is 0. The number of aromatic nitrogens is 5. The minimum atomic E-state index is -0.435. The van der Waals surface area contributed by atoms with Gasteiger partial charge in [-0.05, 0) is 47.5 Å². The molecule has 5 heteroatoms. The van der Waals surface area contributed by atoms with Crippen molar-refractivity contribution in [3.05, 3.63) is 176 Å². The first kappa shape index (κ1) is 23.5. The van der Waals surface area contributed by atoms with Gasteiger partial charge in [-0.25, -0.2) is 4.98 Å². The van der Waals surface area contributed by atoms with Gasteiger partial charge in [0.05, 0.1) is 28.9 Å².